The molecule has 1 aliphatic rings. The van der Waals surface area contributed by atoms with E-state index in [0.717, 1.165) is 0 Å². The summed E-state index contributed by atoms with van der Waals surface area (Å²) < 4.78 is 10.8. The highest BCUT2D eigenvalue weighted by Crippen LogP contribution is 2.34. The lowest BCUT2D eigenvalue weighted by Gasteiger charge is -2.33. The Hall–Kier alpha value is -3.35. The quantitative estimate of drug-likeness (QED) is 0.776. The number of carbonyl (C=O) groups is 3. The lowest BCUT2D eigenvalue weighted by molar-refractivity contribution is -0.125. The molecule has 0 saturated heterocycles. The van der Waals surface area contributed by atoms with Crippen molar-refractivity contribution >= 4 is 29.0 Å². The minimum Gasteiger partial charge on any atom is -0.494 e. The number of hydrogen-bond acceptors (Lipinski definition) is 5. The molecule has 1 unspecified atom stereocenters. The van der Waals surface area contributed by atoms with Gasteiger partial charge in [0, 0.05) is 11.3 Å². The number of hydrogen-bond donors (Lipinski definition) is 1. The van der Waals surface area contributed by atoms with Crippen molar-refractivity contribution in [1.82, 2.24) is 0 Å². The van der Waals surface area contributed by atoms with Gasteiger partial charge in [-0.2, -0.15) is 0 Å². The Balaban J connectivity index is 1.82. The Morgan fingerprint density at radius 3 is 2.57 bits per heavy atom. The predicted octanol–water partition coefficient (Wildman–Crippen LogP) is 3.04. The van der Waals surface area contributed by atoms with Crippen LogP contribution in [0.1, 0.15) is 31.1 Å². The van der Waals surface area contributed by atoms with E-state index in [1.54, 1.807) is 49.4 Å². The molecule has 0 saturated carbocycles. The first kappa shape index (κ1) is 19.4. The maximum atomic E-state index is 12.8. The van der Waals surface area contributed by atoms with E-state index in [0.29, 0.717) is 35.0 Å². The molecule has 1 N–H and O–H groups in total. The standard InChI is InChI=1S/C21H22N2O5/c1-4-27-17-8-6-16(7-9-17)22-21(26)13(2)23-18-11-15(14(3)24)5-10-19(18)28-12-20(23)25/h5-11,13H,4,12H2,1-3H3,(H,22,26). The van der Waals surface area contributed by atoms with Crippen LogP contribution >= 0.6 is 0 Å². The second-order valence-corrected chi connectivity index (χ2v) is 6.41. The Morgan fingerprint density at radius 1 is 1.21 bits per heavy atom. The normalized spacial score (nSPS) is 14.0. The first-order chi connectivity index (χ1) is 13.4. The molecular weight excluding hydrogens is 360 g/mol. The maximum Gasteiger partial charge on any atom is 0.265 e. The molecule has 2 amide bonds. The van der Waals surface area contributed by atoms with Crippen LogP contribution in [0.4, 0.5) is 11.4 Å². The number of ether oxygens (including phenoxy) is 2. The van der Waals surface area contributed by atoms with Crippen LogP contribution in [0, 0.1) is 0 Å². The van der Waals surface area contributed by atoms with Gasteiger partial charge in [0.1, 0.15) is 17.5 Å². The number of amides is 2. The lowest BCUT2D eigenvalue weighted by atomic mass is 10.1. The number of anilines is 2. The minimum absolute atomic E-state index is 0.132. The van der Waals surface area contributed by atoms with Gasteiger partial charge in [-0.05, 0) is 63.2 Å². The molecule has 0 aromatic heterocycles. The minimum atomic E-state index is -0.788. The van der Waals surface area contributed by atoms with Crippen LogP contribution < -0.4 is 19.7 Å². The molecule has 28 heavy (non-hydrogen) atoms. The van der Waals surface area contributed by atoms with Gasteiger partial charge in [-0.1, -0.05) is 0 Å². The average Bonchev–Trinajstić information content (AvgIpc) is 2.68. The van der Waals surface area contributed by atoms with E-state index in [1.165, 1.54) is 11.8 Å². The van der Waals surface area contributed by atoms with E-state index in [9.17, 15) is 14.4 Å². The summed E-state index contributed by atoms with van der Waals surface area (Å²) in [6.07, 6.45) is 0. The molecule has 2 aromatic carbocycles. The third kappa shape index (κ3) is 3.98. The number of carbonyl (C=O) groups excluding carboxylic acids is 3. The first-order valence-corrected chi connectivity index (χ1v) is 9.04. The average molecular weight is 382 g/mol. The van der Waals surface area contributed by atoms with Gasteiger partial charge in [0.05, 0.1) is 12.3 Å². The van der Waals surface area contributed by atoms with E-state index in [1.807, 2.05) is 6.92 Å². The summed E-state index contributed by atoms with van der Waals surface area (Å²) in [7, 11) is 0. The molecule has 0 aliphatic carbocycles. The second kappa shape index (κ2) is 8.12. The number of nitrogens with zero attached hydrogens (tertiary/aromatic N) is 1. The fourth-order valence-electron chi connectivity index (χ4n) is 2.98. The third-order valence-corrected chi connectivity index (χ3v) is 4.44. The number of rotatable bonds is 6. The summed E-state index contributed by atoms with van der Waals surface area (Å²) in [4.78, 5) is 38.3. The zero-order valence-electron chi connectivity index (χ0n) is 16.0. The molecule has 2 aromatic rings. The van der Waals surface area contributed by atoms with Gasteiger partial charge in [-0.25, -0.2) is 0 Å². The van der Waals surface area contributed by atoms with Crippen molar-refractivity contribution in [2.24, 2.45) is 0 Å². The molecule has 0 radical (unpaired) electrons. The third-order valence-electron chi connectivity index (χ3n) is 4.44. The van der Waals surface area contributed by atoms with Gasteiger partial charge in [0.2, 0.25) is 5.91 Å². The van der Waals surface area contributed by atoms with E-state index >= 15 is 0 Å². The largest absolute Gasteiger partial charge is 0.494 e. The topological polar surface area (TPSA) is 84.9 Å². The number of ketones is 1. The number of benzene rings is 2. The van der Waals surface area contributed by atoms with Crippen molar-refractivity contribution < 1.29 is 23.9 Å². The summed E-state index contributed by atoms with van der Waals surface area (Å²) in [6, 6.07) is 11.1. The van der Waals surface area contributed by atoms with Crippen LogP contribution in [-0.4, -0.2) is 36.9 Å². The molecule has 7 nitrogen and oxygen atoms in total. The maximum absolute atomic E-state index is 12.8. The summed E-state index contributed by atoms with van der Waals surface area (Å²) in [5, 5.41) is 2.80. The molecule has 1 heterocycles. The Kier molecular flexibility index (Phi) is 5.63. The number of Topliss-reactive ketones (excluding diaryl/α,β-unsaturated/α-hetero) is 1. The summed E-state index contributed by atoms with van der Waals surface area (Å²) in [5.74, 6) is 0.348. The molecule has 1 aliphatic heterocycles. The van der Waals surface area contributed by atoms with Crippen molar-refractivity contribution in [3.8, 4) is 11.5 Å². The van der Waals surface area contributed by atoms with Crippen LogP contribution in [-0.2, 0) is 9.59 Å². The summed E-state index contributed by atoms with van der Waals surface area (Å²) in [6.45, 7) is 5.37. The van der Waals surface area contributed by atoms with Crippen molar-refractivity contribution in [2.75, 3.05) is 23.4 Å². The molecule has 0 fully saturated rings. The lowest BCUT2D eigenvalue weighted by Crippen LogP contribution is -2.49. The summed E-state index contributed by atoms with van der Waals surface area (Å²) in [5.41, 5.74) is 1.46. The van der Waals surface area contributed by atoms with Gasteiger partial charge >= 0.3 is 0 Å². The van der Waals surface area contributed by atoms with Gasteiger partial charge < -0.3 is 14.8 Å². The highest BCUT2D eigenvalue weighted by Gasteiger charge is 2.33. The molecule has 7 heteroatoms. The first-order valence-electron chi connectivity index (χ1n) is 9.04. The fraction of sp³-hybridized carbons (Fsp3) is 0.286. The van der Waals surface area contributed by atoms with Crippen molar-refractivity contribution in [3.63, 3.8) is 0 Å². The Morgan fingerprint density at radius 2 is 1.93 bits per heavy atom. The van der Waals surface area contributed by atoms with E-state index in [2.05, 4.69) is 5.32 Å². The van der Waals surface area contributed by atoms with Gasteiger partial charge in [-0.15, -0.1) is 0 Å². The predicted molar refractivity (Wildman–Crippen MR) is 105 cm³/mol. The zero-order chi connectivity index (χ0) is 20.3. The molecule has 0 bridgehead atoms. The van der Waals surface area contributed by atoms with E-state index in [-0.39, 0.29) is 24.2 Å². The molecule has 146 valence electrons. The highest BCUT2D eigenvalue weighted by molar-refractivity contribution is 6.07. The van der Waals surface area contributed by atoms with Gasteiger partial charge in [0.15, 0.2) is 12.4 Å². The molecular formula is C21H22N2O5. The van der Waals surface area contributed by atoms with E-state index < -0.39 is 6.04 Å². The zero-order valence-corrected chi connectivity index (χ0v) is 16.0. The van der Waals surface area contributed by atoms with Crippen LogP contribution in [0.2, 0.25) is 0 Å². The number of nitrogens with one attached hydrogen (secondary N) is 1. The monoisotopic (exact) mass is 382 g/mol. The molecule has 0 spiro atoms. The Labute approximate surface area is 163 Å². The summed E-state index contributed by atoms with van der Waals surface area (Å²) >= 11 is 0. The number of fused-ring (bicyclic) bond motifs is 1. The van der Waals surface area contributed by atoms with Crippen LogP contribution in [0.3, 0.4) is 0 Å². The van der Waals surface area contributed by atoms with Crippen LogP contribution in [0.25, 0.3) is 0 Å². The molecule has 3 rings (SSSR count). The van der Waals surface area contributed by atoms with Gasteiger partial charge in [-0.3, -0.25) is 19.3 Å². The second-order valence-electron chi connectivity index (χ2n) is 6.41. The van der Waals surface area contributed by atoms with E-state index in [4.69, 9.17) is 9.47 Å². The fourth-order valence-corrected chi connectivity index (χ4v) is 2.98. The van der Waals surface area contributed by atoms with Gasteiger partial charge in [0.25, 0.3) is 5.91 Å². The van der Waals surface area contributed by atoms with Crippen LogP contribution in [0.5, 0.6) is 11.5 Å². The van der Waals surface area contributed by atoms with Crippen molar-refractivity contribution in [1.29, 1.82) is 0 Å². The van der Waals surface area contributed by atoms with Crippen LogP contribution in [0.15, 0.2) is 42.5 Å². The SMILES string of the molecule is CCOc1ccc(NC(=O)C(C)N2C(=O)COc3ccc(C(C)=O)cc32)cc1. The highest BCUT2D eigenvalue weighted by atomic mass is 16.5. The molecule has 1 atom stereocenters. The Bertz CT molecular complexity index is 908. The smallest absolute Gasteiger partial charge is 0.265 e. The van der Waals surface area contributed by atoms with Crippen molar-refractivity contribution in [3.05, 3.63) is 48.0 Å². The van der Waals surface area contributed by atoms with Crippen molar-refractivity contribution in [2.45, 2.75) is 26.8 Å².